The van der Waals surface area contributed by atoms with Crippen molar-refractivity contribution in [1.29, 1.82) is 0 Å². The Kier molecular flexibility index (Phi) is 3.43. The van der Waals surface area contributed by atoms with E-state index in [1.54, 1.807) is 0 Å². The predicted octanol–water partition coefficient (Wildman–Crippen LogP) is 3.39. The summed E-state index contributed by atoms with van der Waals surface area (Å²) >= 11 is 0. The molecule has 0 aliphatic rings. The standard InChI is InChI=1S/C17H12N2O2/c20-16(21)11-10-15-17(12-6-2-1-3-7-12)19-14-9-5-4-8-13(14)18-15/h1-11H,(H,20,21)/b11-10+. The molecule has 0 unspecified atom stereocenters. The van der Waals surface area contributed by atoms with Crippen LogP contribution in [-0.4, -0.2) is 21.0 Å². The molecule has 4 nitrogen and oxygen atoms in total. The minimum atomic E-state index is -1.01. The molecule has 1 heterocycles. The number of rotatable bonds is 3. The SMILES string of the molecule is O=C(O)/C=C/c1nc2ccccc2nc1-c1ccccc1. The van der Waals surface area contributed by atoms with Crippen LogP contribution in [0.5, 0.6) is 0 Å². The number of aliphatic carboxylic acids is 1. The summed E-state index contributed by atoms with van der Waals surface area (Å²) in [5, 5.41) is 8.81. The zero-order valence-electron chi connectivity index (χ0n) is 11.1. The van der Waals surface area contributed by atoms with Gasteiger partial charge in [0.05, 0.1) is 22.4 Å². The predicted molar refractivity (Wildman–Crippen MR) is 81.6 cm³/mol. The van der Waals surface area contributed by atoms with Gasteiger partial charge in [0.15, 0.2) is 0 Å². The van der Waals surface area contributed by atoms with Crippen molar-refractivity contribution in [3.05, 3.63) is 66.4 Å². The van der Waals surface area contributed by atoms with Crippen LogP contribution in [0.25, 0.3) is 28.4 Å². The second-order valence-electron chi connectivity index (χ2n) is 4.48. The van der Waals surface area contributed by atoms with E-state index in [9.17, 15) is 4.79 Å². The van der Waals surface area contributed by atoms with Crippen LogP contribution >= 0.6 is 0 Å². The Hall–Kier alpha value is -3.01. The Bertz CT molecular complexity index is 827. The van der Waals surface area contributed by atoms with Crippen LogP contribution in [0.3, 0.4) is 0 Å². The van der Waals surface area contributed by atoms with Crippen molar-refractivity contribution < 1.29 is 9.90 Å². The number of para-hydroxylation sites is 2. The number of aromatic nitrogens is 2. The van der Waals surface area contributed by atoms with Gasteiger partial charge < -0.3 is 5.11 Å². The van der Waals surface area contributed by atoms with Crippen LogP contribution in [0, 0.1) is 0 Å². The van der Waals surface area contributed by atoms with Crippen molar-refractivity contribution in [2.75, 3.05) is 0 Å². The van der Waals surface area contributed by atoms with Crippen molar-refractivity contribution in [2.24, 2.45) is 0 Å². The number of carboxylic acid groups (broad SMARTS) is 1. The van der Waals surface area contributed by atoms with Crippen LogP contribution in [-0.2, 0) is 4.79 Å². The summed E-state index contributed by atoms with van der Waals surface area (Å²) in [6.07, 6.45) is 2.55. The molecule has 0 saturated carbocycles. The van der Waals surface area contributed by atoms with Crippen molar-refractivity contribution in [1.82, 2.24) is 9.97 Å². The average Bonchev–Trinajstić information content (AvgIpc) is 2.53. The van der Waals surface area contributed by atoms with Crippen molar-refractivity contribution >= 4 is 23.1 Å². The number of hydrogen-bond donors (Lipinski definition) is 1. The smallest absolute Gasteiger partial charge is 0.328 e. The van der Waals surface area contributed by atoms with Gasteiger partial charge in [0, 0.05) is 11.6 Å². The molecule has 21 heavy (non-hydrogen) atoms. The fraction of sp³-hybridized carbons (Fsp3) is 0. The summed E-state index contributed by atoms with van der Waals surface area (Å²) in [7, 11) is 0. The molecule has 1 N–H and O–H groups in total. The summed E-state index contributed by atoms with van der Waals surface area (Å²) < 4.78 is 0. The first kappa shape index (κ1) is 13.0. The molecule has 0 atom stereocenters. The van der Waals surface area contributed by atoms with Gasteiger partial charge in [-0.2, -0.15) is 0 Å². The molecule has 1 aromatic heterocycles. The molecule has 2 aromatic carbocycles. The van der Waals surface area contributed by atoms with Gasteiger partial charge >= 0.3 is 5.97 Å². The van der Waals surface area contributed by atoms with Crippen LogP contribution < -0.4 is 0 Å². The van der Waals surface area contributed by atoms with Gasteiger partial charge in [-0.05, 0) is 18.2 Å². The monoisotopic (exact) mass is 276 g/mol. The number of benzene rings is 2. The number of carboxylic acids is 1. The van der Waals surface area contributed by atoms with E-state index in [2.05, 4.69) is 9.97 Å². The lowest BCUT2D eigenvalue weighted by Gasteiger charge is -2.07. The van der Waals surface area contributed by atoms with E-state index in [-0.39, 0.29) is 0 Å². The molecule has 0 aliphatic heterocycles. The summed E-state index contributed by atoms with van der Waals surface area (Å²) in [6, 6.07) is 17.1. The maximum absolute atomic E-state index is 10.7. The van der Waals surface area contributed by atoms with Gasteiger partial charge in [0.25, 0.3) is 0 Å². The summed E-state index contributed by atoms with van der Waals surface area (Å²) in [5.41, 5.74) is 3.64. The third-order valence-electron chi connectivity index (χ3n) is 3.03. The molecule has 0 fully saturated rings. The third-order valence-corrected chi connectivity index (χ3v) is 3.03. The summed E-state index contributed by atoms with van der Waals surface area (Å²) in [6.45, 7) is 0. The largest absolute Gasteiger partial charge is 0.478 e. The highest BCUT2D eigenvalue weighted by molar-refractivity contribution is 5.88. The van der Waals surface area contributed by atoms with E-state index in [4.69, 9.17) is 5.11 Å². The number of nitrogens with zero attached hydrogens (tertiary/aromatic N) is 2. The van der Waals surface area contributed by atoms with E-state index in [0.717, 1.165) is 22.7 Å². The van der Waals surface area contributed by atoms with Gasteiger partial charge in [-0.15, -0.1) is 0 Å². The average molecular weight is 276 g/mol. The molecule has 102 valence electrons. The number of hydrogen-bond acceptors (Lipinski definition) is 3. The second-order valence-corrected chi connectivity index (χ2v) is 4.48. The first-order chi connectivity index (χ1) is 10.2. The zero-order chi connectivity index (χ0) is 14.7. The first-order valence-electron chi connectivity index (χ1n) is 6.47. The van der Waals surface area contributed by atoms with Crippen molar-refractivity contribution in [2.45, 2.75) is 0 Å². The number of carbonyl (C=O) groups is 1. The minimum Gasteiger partial charge on any atom is -0.478 e. The minimum absolute atomic E-state index is 0.544. The van der Waals surface area contributed by atoms with Gasteiger partial charge in [0.2, 0.25) is 0 Å². The van der Waals surface area contributed by atoms with Crippen molar-refractivity contribution in [3.63, 3.8) is 0 Å². The molecule has 4 heteroatoms. The fourth-order valence-electron chi connectivity index (χ4n) is 2.09. The molecule has 0 radical (unpaired) electrons. The lowest BCUT2D eigenvalue weighted by Crippen LogP contribution is -1.95. The lowest BCUT2D eigenvalue weighted by atomic mass is 10.1. The molecule has 3 rings (SSSR count). The Morgan fingerprint density at radius 1 is 0.905 bits per heavy atom. The third kappa shape index (κ3) is 2.79. The van der Waals surface area contributed by atoms with Crippen LogP contribution in [0.15, 0.2) is 60.7 Å². The van der Waals surface area contributed by atoms with Crippen LogP contribution in [0.4, 0.5) is 0 Å². The molecule has 0 aliphatic carbocycles. The topological polar surface area (TPSA) is 63.1 Å². The second kappa shape index (κ2) is 5.54. The Balaban J connectivity index is 2.24. The molecule has 0 amide bonds. The van der Waals surface area contributed by atoms with Gasteiger partial charge in [0.1, 0.15) is 0 Å². The molecule has 0 bridgehead atoms. The molecule has 0 spiro atoms. The fourth-order valence-corrected chi connectivity index (χ4v) is 2.09. The first-order valence-corrected chi connectivity index (χ1v) is 6.47. The Morgan fingerprint density at radius 3 is 2.19 bits per heavy atom. The number of fused-ring (bicyclic) bond motifs is 1. The van der Waals surface area contributed by atoms with Crippen molar-refractivity contribution in [3.8, 4) is 11.3 Å². The van der Waals surface area contributed by atoms with E-state index < -0.39 is 5.97 Å². The van der Waals surface area contributed by atoms with E-state index >= 15 is 0 Å². The van der Waals surface area contributed by atoms with Gasteiger partial charge in [-0.25, -0.2) is 14.8 Å². The van der Waals surface area contributed by atoms with E-state index in [1.807, 2.05) is 54.6 Å². The van der Waals surface area contributed by atoms with Crippen LogP contribution in [0.2, 0.25) is 0 Å². The van der Waals surface area contributed by atoms with Gasteiger partial charge in [-0.1, -0.05) is 42.5 Å². The van der Waals surface area contributed by atoms with Gasteiger partial charge in [-0.3, -0.25) is 0 Å². The van der Waals surface area contributed by atoms with Crippen LogP contribution in [0.1, 0.15) is 5.69 Å². The zero-order valence-corrected chi connectivity index (χ0v) is 11.1. The highest BCUT2D eigenvalue weighted by Gasteiger charge is 2.08. The molecule has 0 saturated heterocycles. The molecular formula is C17H12N2O2. The van der Waals surface area contributed by atoms with E-state index in [1.165, 1.54) is 6.08 Å². The highest BCUT2D eigenvalue weighted by Crippen LogP contribution is 2.24. The molecule has 3 aromatic rings. The summed E-state index contributed by atoms with van der Waals surface area (Å²) in [5.74, 6) is -1.01. The quantitative estimate of drug-likeness (QED) is 0.745. The maximum atomic E-state index is 10.7. The Morgan fingerprint density at radius 2 is 1.52 bits per heavy atom. The maximum Gasteiger partial charge on any atom is 0.328 e. The Labute approximate surface area is 121 Å². The highest BCUT2D eigenvalue weighted by atomic mass is 16.4. The normalized spacial score (nSPS) is 11.0. The lowest BCUT2D eigenvalue weighted by molar-refractivity contribution is -0.131. The summed E-state index contributed by atoms with van der Waals surface area (Å²) in [4.78, 5) is 19.9. The van der Waals surface area contributed by atoms with E-state index in [0.29, 0.717) is 11.4 Å². The molecular weight excluding hydrogens is 264 g/mol.